The van der Waals surface area contributed by atoms with Crippen molar-refractivity contribution in [1.29, 1.82) is 0 Å². The van der Waals surface area contributed by atoms with Gasteiger partial charge in [0.25, 0.3) is 0 Å². The Balaban J connectivity index is 2.11. The van der Waals surface area contributed by atoms with E-state index >= 15 is 0 Å². The number of halogens is 1. The molecule has 0 amide bonds. The molecule has 0 saturated carbocycles. The molecule has 0 fully saturated rings. The molecule has 1 atom stereocenters. The van der Waals surface area contributed by atoms with Crippen LogP contribution in [0.1, 0.15) is 0 Å². The third-order valence-corrected chi connectivity index (χ3v) is 4.73. The van der Waals surface area contributed by atoms with Crippen LogP contribution in [0, 0.1) is 12.3 Å². The summed E-state index contributed by atoms with van der Waals surface area (Å²) in [5.41, 5.74) is 0.348. The quantitative estimate of drug-likeness (QED) is 0.517. The van der Waals surface area contributed by atoms with Gasteiger partial charge in [0.15, 0.2) is 0 Å². The molecule has 0 aliphatic heterocycles. The molecule has 0 radical (unpaired) electrons. The second kappa shape index (κ2) is 5.40. The van der Waals surface area contributed by atoms with E-state index in [0.29, 0.717) is 5.69 Å². The first-order valence-corrected chi connectivity index (χ1v) is 6.95. The Morgan fingerprint density at radius 3 is 2.00 bits per heavy atom. The van der Waals surface area contributed by atoms with E-state index in [1.807, 2.05) is 30.3 Å². The van der Waals surface area contributed by atoms with Gasteiger partial charge in [-0.25, -0.2) is 0 Å². The molecule has 2 aromatic rings. The molecule has 0 aliphatic carbocycles. The maximum atomic E-state index is 10.7. The number of hydrogen-bond donors (Lipinski definition) is 2. The number of hydrogen-bond acceptors (Lipinski definition) is 2. The molecule has 0 aromatic heterocycles. The monoisotopic (exact) mass is 328 g/mol. The van der Waals surface area contributed by atoms with Crippen molar-refractivity contribution in [3.8, 4) is 0 Å². The number of rotatable bonds is 3. The Hall–Kier alpha value is -0.950. The summed E-state index contributed by atoms with van der Waals surface area (Å²) in [4.78, 5) is 0. The average molecular weight is 328 g/mol. The van der Waals surface area contributed by atoms with Crippen molar-refractivity contribution in [3.63, 3.8) is 0 Å². The SMILES string of the molecule is [O-][NH+](O)c1ccc([I-]c2ccccc2)cc1. The molecular formula is C12H11INO2-. The Morgan fingerprint density at radius 1 is 0.875 bits per heavy atom. The van der Waals surface area contributed by atoms with Crippen molar-refractivity contribution < 1.29 is 31.6 Å². The predicted molar refractivity (Wildman–Crippen MR) is 56.1 cm³/mol. The number of nitrogens with one attached hydrogen (secondary N) is 1. The molecule has 3 nitrogen and oxygen atoms in total. The number of benzene rings is 2. The molecule has 0 spiro atoms. The Labute approximate surface area is 104 Å². The minimum absolute atomic E-state index is 0.197. The Morgan fingerprint density at radius 2 is 1.44 bits per heavy atom. The van der Waals surface area contributed by atoms with Gasteiger partial charge >= 0.3 is 104 Å². The molecule has 4 heteroatoms. The normalized spacial score (nSPS) is 12.6. The van der Waals surface area contributed by atoms with Gasteiger partial charge in [-0.3, -0.25) is 0 Å². The van der Waals surface area contributed by atoms with E-state index in [1.54, 1.807) is 12.1 Å². The Kier molecular flexibility index (Phi) is 3.89. The molecule has 0 heterocycles. The first-order chi connectivity index (χ1) is 7.75. The summed E-state index contributed by atoms with van der Waals surface area (Å²) < 4.78 is 2.57. The van der Waals surface area contributed by atoms with Crippen LogP contribution in [0.5, 0.6) is 0 Å². The summed E-state index contributed by atoms with van der Waals surface area (Å²) in [5, 5.41) is 18.6. The van der Waals surface area contributed by atoms with Crippen LogP contribution >= 0.6 is 0 Å². The van der Waals surface area contributed by atoms with Crippen molar-refractivity contribution in [1.82, 2.24) is 0 Å². The summed E-state index contributed by atoms with van der Waals surface area (Å²) in [7, 11) is 0. The third-order valence-electron chi connectivity index (χ3n) is 2.04. The zero-order chi connectivity index (χ0) is 11.4. The van der Waals surface area contributed by atoms with Gasteiger partial charge in [-0.1, -0.05) is 0 Å². The fourth-order valence-corrected chi connectivity index (χ4v) is 3.47. The van der Waals surface area contributed by atoms with Crippen LogP contribution in [0.4, 0.5) is 5.69 Å². The van der Waals surface area contributed by atoms with Crippen molar-refractivity contribution in [2.75, 3.05) is 0 Å². The zero-order valence-corrected chi connectivity index (χ0v) is 10.6. The average Bonchev–Trinajstić information content (AvgIpc) is 2.31. The van der Waals surface area contributed by atoms with Gasteiger partial charge in [-0.2, -0.15) is 0 Å². The van der Waals surface area contributed by atoms with Crippen molar-refractivity contribution >= 4 is 5.69 Å². The van der Waals surface area contributed by atoms with E-state index in [4.69, 9.17) is 5.21 Å². The van der Waals surface area contributed by atoms with Crippen LogP contribution in [-0.4, -0.2) is 5.21 Å². The van der Waals surface area contributed by atoms with Gasteiger partial charge in [-0.15, -0.1) is 0 Å². The van der Waals surface area contributed by atoms with Crippen LogP contribution in [0.15, 0.2) is 54.6 Å². The summed E-state index contributed by atoms with van der Waals surface area (Å²) in [5.74, 6) is 0. The van der Waals surface area contributed by atoms with E-state index in [0.717, 1.165) is 0 Å². The van der Waals surface area contributed by atoms with Gasteiger partial charge in [0.2, 0.25) is 0 Å². The molecule has 0 aliphatic rings. The van der Waals surface area contributed by atoms with E-state index in [-0.39, 0.29) is 21.2 Å². The fraction of sp³-hybridized carbons (Fsp3) is 0. The van der Waals surface area contributed by atoms with E-state index in [1.165, 1.54) is 7.14 Å². The molecule has 2 aromatic carbocycles. The van der Waals surface area contributed by atoms with Gasteiger partial charge in [0.05, 0.1) is 0 Å². The standard InChI is InChI=1S/C12H11INO2/c15-14(16)12-8-6-11(7-9-12)13-10-4-2-1-3-5-10/h1-9,14-15H/q-1. The van der Waals surface area contributed by atoms with Crippen molar-refractivity contribution in [2.24, 2.45) is 0 Å². The van der Waals surface area contributed by atoms with E-state index < -0.39 is 5.23 Å². The van der Waals surface area contributed by atoms with Gasteiger partial charge < -0.3 is 0 Å². The van der Waals surface area contributed by atoms with E-state index in [2.05, 4.69) is 12.1 Å². The molecule has 0 bridgehead atoms. The van der Waals surface area contributed by atoms with Gasteiger partial charge in [-0.05, 0) is 0 Å². The van der Waals surface area contributed by atoms with Crippen LogP contribution in [-0.2, 0) is 0 Å². The predicted octanol–water partition coefficient (Wildman–Crippen LogP) is -1.78. The van der Waals surface area contributed by atoms with Crippen molar-refractivity contribution in [3.05, 3.63) is 66.9 Å². The molecule has 16 heavy (non-hydrogen) atoms. The topological polar surface area (TPSA) is 47.7 Å². The first kappa shape index (κ1) is 11.5. The van der Waals surface area contributed by atoms with Crippen molar-refractivity contribution in [2.45, 2.75) is 0 Å². The second-order valence-corrected chi connectivity index (χ2v) is 6.23. The minimum atomic E-state index is -0.871. The van der Waals surface area contributed by atoms with Crippen LogP contribution < -0.4 is 26.4 Å². The number of quaternary nitrogens is 1. The molecule has 2 rings (SSSR count). The summed E-state index contributed by atoms with van der Waals surface area (Å²) in [6, 6.07) is 17.4. The molecule has 2 N–H and O–H groups in total. The molecular weight excluding hydrogens is 317 g/mol. The Bertz CT molecular complexity index is 442. The van der Waals surface area contributed by atoms with E-state index in [9.17, 15) is 5.21 Å². The molecule has 0 saturated heterocycles. The van der Waals surface area contributed by atoms with Crippen LogP contribution in [0.25, 0.3) is 0 Å². The fourth-order valence-electron chi connectivity index (χ4n) is 1.26. The first-order valence-electron chi connectivity index (χ1n) is 4.79. The van der Waals surface area contributed by atoms with Crippen LogP contribution in [0.2, 0.25) is 0 Å². The van der Waals surface area contributed by atoms with Gasteiger partial charge in [0.1, 0.15) is 0 Å². The molecule has 1 unspecified atom stereocenters. The van der Waals surface area contributed by atoms with Gasteiger partial charge in [0, 0.05) is 0 Å². The molecule has 84 valence electrons. The van der Waals surface area contributed by atoms with Crippen LogP contribution in [0.3, 0.4) is 0 Å². The third kappa shape index (κ3) is 3.02. The maximum absolute atomic E-state index is 10.7. The zero-order valence-electron chi connectivity index (χ0n) is 8.43. The summed E-state index contributed by atoms with van der Waals surface area (Å²) in [6.45, 7) is 0. The summed E-state index contributed by atoms with van der Waals surface area (Å²) in [6.07, 6.45) is 0. The second-order valence-electron chi connectivity index (χ2n) is 3.20. The summed E-state index contributed by atoms with van der Waals surface area (Å²) >= 11 is -0.197.